The molecule has 0 aliphatic heterocycles. The summed E-state index contributed by atoms with van der Waals surface area (Å²) in [6.07, 6.45) is 2.04. The van der Waals surface area contributed by atoms with Gasteiger partial charge in [-0.3, -0.25) is 0 Å². The fraction of sp³-hybridized carbons (Fsp3) is 0.273. The van der Waals surface area contributed by atoms with E-state index in [4.69, 9.17) is 0 Å². The number of hydrogen-bond donors (Lipinski definition) is 0. The first-order chi connectivity index (χ1) is 5.09. The first-order valence-electron chi connectivity index (χ1n) is 3.57. The summed E-state index contributed by atoms with van der Waals surface area (Å²) < 4.78 is 0. The van der Waals surface area contributed by atoms with E-state index in [0.717, 1.165) is 11.1 Å². The quantitative estimate of drug-likeness (QED) is 0.414. The Morgan fingerprint density at radius 1 is 1.09 bits per heavy atom. The largest absolute Gasteiger partial charge is 0.106 e. The van der Waals surface area contributed by atoms with Crippen molar-refractivity contribution in [1.82, 2.24) is 0 Å². The molecular weight excluding hydrogens is 132 g/mol. The van der Waals surface area contributed by atoms with Gasteiger partial charge in [-0.2, -0.15) is 0 Å². The van der Waals surface area contributed by atoms with Crippen molar-refractivity contribution in [1.29, 1.82) is 0 Å². The molecule has 0 aromatic carbocycles. The Morgan fingerprint density at radius 3 is 1.55 bits per heavy atom. The van der Waals surface area contributed by atoms with Gasteiger partial charge >= 0.3 is 0 Å². The molecule has 0 aromatic heterocycles. The molecule has 0 heteroatoms. The van der Waals surface area contributed by atoms with Crippen molar-refractivity contribution < 1.29 is 0 Å². The van der Waals surface area contributed by atoms with Crippen molar-refractivity contribution in [3.63, 3.8) is 0 Å². The minimum absolute atomic E-state index is 1.05. The molecule has 0 radical (unpaired) electrons. The summed E-state index contributed by atoms with van der Waals surface area (Å²) in [4.78, 5) is 0. The van der Waals surface area contributed by atoms with Crippen LogP contribution in [0, 0.1) is 0 Å². The highest BCUT2D eigenvalue weighted by atomic mass is 14.0. The smallest absolute Gasteiger partial charge is 0.0279 e. The molecule has 0 saturated carbocycles. The molecule has 0 bridgehead atoms. The van der Waals surface area contributed by atoms with Crippen molar-refractivity contribution >= 4 is 0 Å². The van der Waals surface area contributed by atoms with E-state index in [1.165, 1.54) is 5.57 Å². The Morgan fingerprint density at radius 2 is 1.45 bits per heavy atom. The predicted octanol–water partition coefficient (Wildman–Crippen LogP) is 3.89. The maximum atomic E-state index is 3.86. The Balaban J connectivity index is 0. The fourth-order valence-corrected chi connectivity index (χ4v) is 0.511. The van der Waals surface area contributed by atoms with Crippen LogP contribution in [0.4, 0.5) is 0 Å². The Labute approximate surface area is 70.6 Å². The van der Waals surface area contributed by atoms with Gasteiger partial charge in [-0.15, -0.1) is 13.2 Å². The number of allylic oxidation sites excluding steroid dienone is 4. The third-order valence-electron chi connectivity index (χ3n) is 1.42. The Kier molecular flexibility index (Phi) is 8.11. The monoisotopic (exact) mass is 150 g/mol. The molecule has 0 saturated heterocycles. The van der Waals surface area contributed by atoms with E-state index in [1.807, 2.05) is 26.8 Å². The maximum absolute atomic E-state index is 3.86. The molecule has 62 valence electrons. The summed E-state index contributed by atoms with van der Waals surface area (Å²) >= 11 is 0. The summed E-state index contributed by atoms with van der Waals surface area (Å²) in [5.41, 5.74) is 3.31. The van der Waals surface area contributed by atoms with Gasteiger partial charge < -0.3 is 0 Å². The van der Waals surface area contributed by atoms with E-state index in [-0.39, 0.29) is 0 Å². The summed E-state index contributed by atoms with van der Waals surface area (Å²) in [6, 6.07) is 0. The van der Waals surface area contributed by atoms with Crippen molar-refractivity contribution in [3.05, 3.63) is 49.1 Å². The molecule has 0 nitrogen and oxygen atoms in total. The summed E-state index contributed by atoms with van der Waals surface area (Å²) in [6.45, 7) is 19.7. The minimum atomic E-state index is 1.05. The fourth-order valence-electron chi connectivity index (χ4n) is 0.511. The zero-order valence-electron chi connectivity index (χ0n) is 7.91. The molecule has 0 fully saturated rings. The van der Waals surface area contributed by atoms with E-state index in [1.54, 1.807) is 0 Å². The molecule has 0 aliphatic rings. The average molecular weight is 150 g/mol. The highest BCUT2D eigenvalue weighted by molar-refractivity contribution is 5.40. The van der Waals surface area contributed by atoms with Crippen molar-refractivity contribution in [2.75, 3.05) is 0 Å². The second-order valence-corrected chi connectivity index (χ2v) is 2.23. The lowest BCUT2D eigenvalue weighted by molar-refractivity contribution is 1.33. The average Bonchev–Trinajstić information content (AvgIpc) is 2.05. The van der Waals surface area contributed by atoms with E-state index >= 15 is 0 Å². The van der Waals surface area contributed by atoms with Gasteiger partial charge in [0.15, 0.2) is 0 Å². The molecule has 0 atom stereocenters. The molecular formula is C11H18. The van der Waals surface area contributed by atoms with Gasteiger partial charge in [0.1, 0.15) is 0 Å². The van der Waals surface area contributed by atoms with Gasteiger partial charge in [0.2, 0.25) is 0 Å². The molecule has 0 unspecified atom stereocenters. The third-order valence-corrected chi connectivity index (χ3v) is 1.42. The van der Waals surface area contributed by atoms with E-state index in [0.29, 0.717) is 0 Å². The summed E-state index contributed by atoms with van der Waals surface area (Å²) in [5.74, 6) is 0. The molecule has 0 spiro atoms. The van der Waals surface area contributed by atoms with Crippen LogP contribution in [0.25, 0.3) is 0 Å². The van der Waals surface area contributed by atoms with Crippen LogP contribution in [0.3, 0.4) is 0 Å². The van der Waals surface area contributed by atoms with Crippen LogP contribution >= 0.6 is 0 Å². The van der Waals surface area contributed by atoms with Crippen LogP contribution in [-0.2, 0) is 0 Å². The van der Waals surface area contributed by atoms with Gasteiger partial charge in [-0.1, -0.05) is 24.8 Å². The SMILES string of the molecule is C=C.C=C(C)C(=C)/C(C)=C\C. The third kappa shape index (κ3) is 5.41. The summed E-state index contributed by atoms with van der Waals surface area (Å²) in [7, 11) is 0. The molecule has 0 rings (SSSR count). The molecule has 0 aromatic rings. The van der Waals surface area contributed by atoms with Crippen molar-refractivity contribution in [3.8, 4) is 0 Å². The minimum Gasteiger partial charge on any atom is -0.106 e. The number of hydrogen-bond acceptors (Lipinski definition) is 0. The standard InChI is InChI=1S/C9H14.C2H4/c1-6-8(4)9(5)7(2)3;1-2/h6H,2,5H2,1,3-4H3;1-2H2/b8-6-;. The number of rotatable bonds is 2. The molecule has 0 aliphatic carbocycles. The normalized spacial score (nSPS) is 9.55. The van der Waals surface area contributed by atoms with Crippen LogP contribution in [0.1, 0.15) is 20.8 Å². The Bertz CT molecular complexity index is 170. The van der Waals surface area contributed by atoms with Gasteiger partial charge in [0.25, 0.3) is 0 Å². The lowest BCUT2D eigenvalue weighted by Gasteiger charge is -2.02. The molecule has 0 amide bonds. The van der Waals surface area contributed by atoms with Crippen molar-refractivity contribution in [2.24, 2.45) is 0 Å². The lowest BCUT2D eigenvalue weighted by atomic mass is 10.0. The van der Waals surface area contributed by atoms with Crippen LogP contribution in [0.5, 0.6) is 0 Å². The van der Waals surface area contributed by atoms with Gasteiger partial charge in [-0.05, 0) is 31.9 Å². The summed E-state index contributed by atoms with van der Waals surface area (Å²) in [5, 5.41) is 0. The second-order valence-electron chi connectivity index (χ2n) is 2.23. The first-order valence-corrected chi connectivity index (χ1v) is 3.57. The highest BCUT2D eigenvalue weighted by Crippen LogP contribution is 2.13. The van der Waals surface area contributed by atoms with E-state index in [2.05, 4.69) is 26.3 Å². The zero-order chi connectivity index (χ0) is 9.44. The second kappa shape index (κ2) is 7.07. The highest BCUT2D eigenvalue weighted by Gasteiger charge is 1.93. The first kappa shape index (κ1) is 12.6. The van der Waals surface area contributed by atoms with Crippen LogP contribution < -0.4 is 0 Å². The lowest BCUT2D eigenvalue weighted by Crippen LogP contribution is -1.82. The van der Waals surface area contributed by atoms with Gasteiger partial charge in [0.05, 0.1) is 0 Å². The van der Waals surface area contributed by atoms with Gasteiger partial charge in [-0.25, -0.2) is 0 Å². The van der Waals surface area contributed by atoms with Crippen LogP contribution in [-0.4, -0.2) is 0 Å². The Hall–Kier alpha value is -1.04. The van der Waals surface area contributed by atoms with E-state index in [9.17, 15) is 0 Å². The van der Waals surface area contributed by atoms with Crippen LogP contribution in [0.2, 0.25) is 0 Å². The zero-order valence-corrected chi connectivity index (χ0v) is 7.91. The maximum Gasteiger partial charge on any atom is -0.0279 e. The predicted molar refractivity (Wildman–Crippen MR) is 54.6 cm³/mol. The topological polar surface area (TPSA) is 0 Å². The molecule has 11 heavy (non-hydrogen) atoms. The molecule has 0 heterocycles. The molecule has 0 N–H and O–H groups in total. The van der Waals surface area contributed by atoms with Crippen molar-refractivity contribution in [2.45, 2.75) is 20.8 Å². The van der Waals surface area contributed by atoms with Crippen LogP contribution in [0.15, 0.2) is 49.1 Å². The van der Waals surface area contributed by atoms with E-state index < -0.39 is 0 Å². The van der Waals surface area contributed by atoms with Gasteiger partial charge in [0, 0.05) is 0 Å².